The Kier molecular flexibility index (Phi) is 10.6. The molecule has 24 heavy (non-hydrogen) atoms. The summed E-state index contributed by atoms with van der Waals surface area (Å²) in [6.45, 7) is 15.5. The Morgan fingerprint density at radius 2 is 1.75 bits per heavy atom. The molecule has 0 amide bonds. The molecule has 1 aromatic rings. The van der Waals surface area contributed by atoms with Gasteiger partial charge in [-0.25, -0.2) is 4.99 Å². The van der Waals surface area contributed by atoms with Crippen LogP contribution in [0, 0.1) is 0 Å². The van der Waals surface area contributed by atoms with Gasteiger partial charge in [0.2, 0.25) is 0 Å². The molecule has 0 radical (unpaired) electrons. The van der Waals surface area contributed by atoms with E-state index in [1.54, 1.807) is 0 Å². The summed E-state index contributed by atoms with van der Waals surface area (Å²) in [4.78, 5) is 7.11. The Bertz CT molecular complexity index is 506. The number of guanidine groups is 1. The van der Waals surface area contributed by atoms with Crippen LogP contribution in [0.2, 0.25) is 0 Å². The zero-order valence-electron chi connectivity index (χ0n) is 16.3. The second kappa shape index (κ2) is 10.9. The van der Waals surface area contributed by atoms with Gasteiger partial charge >= 0.3 is 0 Å². The van der Waals surface area contributed by atoms with Crippen molar-refractivity contribution in [2.45, 2.75) is 66.2 Å². The maximum Gasteiger partial charge on any atom is 0.191 e. The Labute approximate surface area is 165 Å². The minimum atomic E-state index is -0.00161. The van der Waals surface area contributed by atoms with Gasteiger partial charge in [0.15, 0.2) is 5.96 Å². The van der Waals surface area contributed by atoms with Crippen molar-refractivity contribution in [3.05, 3.63) is 35.4 Å². The van der Waals surface area contributed by atoms with Crippen LogP contribution in [0.5, 0.6) is 0 Å². The number of aliphatic imine (C=N–C) groups is 1. The number of hydrogen-bond acceptors (Lipinski definition) is 2. The molecule has 1 rings (SSSR count). The summed E-state index contributed by atoms with van der Waals surface area (Å²) in [5, 5.41) is 6.75. The Morgan fingerprint density at radius 3 is 2.25 bits per heavy atom. The molecular weight excluding hydrogens is 411 g/mol. The standard InChI is InChI=1S/C19H34N4.HI/c1-8-20-18(22-19(4,5)6)21-13-16-11-9-10-12-17(16)14-23(7)15(2)3;/h9-12,15H,8,13-14H2,1-7H3,(H2,20,21,22);1H. The van der Waals surface area contributed by atoms with Crippen LogP contribution in [-0.2, 0) is 13.1 Å². The third-order valence-electron chi connectivity index (χ3n) is 3.66. The molecule has 0 heterocycles. The van der Waals surface area contributed by atoms with E-state index in [0.29, 0.717) is 12.6 Å². The van der Waals surface area contributed by atoms with E-state index < -0.39 is 0 Å². The van der Waals surface area contributed by atoms with Gasteiger partial charge in [0.05, 0.1) is 6.54 Å². The van der Waals surface area contributed by atoms with Crippen molar-refractivity contribution in [3.63, 3.8) is 0 Å². The smallest absolute Gasteiger partial charge is 0.191 e. The molecule has 5 heteroatoms. The van der Waals surface area contributed by atoms with Gasteiger partial charge in [-0.3, -0.25) is 4.90 Å². The van der Waals surface area contributed by atoms with Crippen LogP contribution in [-0.4, -0.2) is 36.0 Å². The number of rotatable bonds is 6. The minimum Gasteiger partial charge on any atom is -0.357 e. The third-order valence-corrected chi connectivity index (χ3v) is 3.66. The fourth-order valence-corrected chi connectivity index (χ4v) is 2.14. The zero-order valence-corrected chi connectivity index (χ0v) is 18.6. The molecule has 1 aromatic carbocycles. The lowest BCUT2D eigenvalue weighted by Gasteiger charge is -2.24. The van der Waals surface area contributed by atoms with Crippen molar-refractivity contribution in [2.24, 2.45) is 4.99 Å². The molecule has 2 N–H and O–H groups in total. The fraction of sp³-hybridized carbons (Fsp3) is 0.632. The molecule has 0 aromatic heterocycles. The number of hydrogen-bond donors (Lipinski definition) is 2. The van der Waals surface area contributed by atoms with Crippen molar-refractivity contribution in [1.29, 1.82) is 0 Å². The first-order valence-electron chi connectivity index (χ1n) is 8.56. The van der Waals surface area contributed by atoms with E-state index in [9.17, 15) is 0 Å². The van der Waals surface area contributed by atoms with Gasteiger partial charge in [-0.1, -0.05) is 24.3 Å². The monoisotopic (exact) mass is 446 g/mol. The summed E-state index contributed by atoms with van der Waals surface area (Å²) < 4.78 is 0. The van der Waals surface area contributed by atoms with Gasteiger partial charge in [0.25, 0.3) is 0 Å². The van der Waals surface area contributed by atoms with E-state index in [1.807, 2.05) is 0 Å². The number of nitrogens with one attached hydrogen (secondary N) is 2. The molecule has 0 aliphatic rings. The SMILES string of the molecule is CCNC(=NCc1ccccc1CN(C)C(C)C)NC(C)(C)C.I. The lowest BCUT2D eigenvalue weighted by Crippen LogP contribution is -2.47. The van der Waals surface area contributed by atoms with Crippen LogP contribution >= 0.6 is 24.0 Å². The highest BCUT2D eigenvalue weighted by Gasteiger charge is 2.12. The van der Waals surface area contributed by atoms with Crippen molar-refractivity contribution in [2.75, 3.05) is 13.6 Å². The lowest BCUT2D eigenvalue weighted by atomic mass is 10.1. The van der Waals surface area contributed by atoms with Gasteiger partial charge in [-0.15, -0.1) is 24.0 Å². The Morgan fingerprint density at radius 1 is 1.17 bits per heavy atom. The summed E-state index contributed by atoms with van der Waals surface area (Å²) >= 11 is 0. The molecule has 0 fully saturated rings. The van der Waals surface area contributed by atoms with E-state index in [-0.39, 0.29) is 29.5 Å². The maximum absolute atomic E-state index is 4.76. The molecule has 0 unspecified atom stereocenters. The molecule has 0 aliphatic heterocycles. The predicted octanol–water partition coefficient (Wildman–Crippen LogP) is 4.00. The highest BCUT2D eigenvalue weighted by molar-refractivity contribution is 14.0. The second-order valence-electron chi connectivity index (χ2n) is 7.35. The van der Waals surface area contributed by atoms with Gasteiger partial charge in [-0.2, -0.15) is 0 Å². The van der Waals surface area contributed by atoms with Crippen LogP contribution in [0.1, 0.15) is 52.7 Å². The molecule has 0 aliphatic carbocycles. The Hall–Kier alpha value is -0.820. The summed E-state index contributed by atoms with van der Waals surface area (Å²) in [6.07, 6.45) is 0. The zero-order chi connectivity index (χ0) is 17.5. The van der Waals surface area contributed by atoms with Gasteiger partial charge in [-0.05, 0) is 59.7 Å². The molecule has 0 atom stereocenters. The molecular formula is C19H35IN4. The topological polar surface area (TPSA) is 39.7 Å². The highest BCUT2D eigenvalue weighted by Crippen LogP contribution is 2.13. The van der Waals surface area contributed by atoms with E-state index in [4.69, 9.17) is 4.99 Å². The Balaban J connectivity index is 0.00000529. The summed E-state index contributed by atoms with van der Waals surface area (Å²) in [5.41, 5.74) is 2.63. The first-order chi connectivity index (χ1) is 10.7. The van der Waals surface area contributed by atoms with E-state index in [0.717, 1.165) is 19.0 Å². The second-order valence-corrected chi connectivity index (χ2v) is 7.35. The lowest BCUT2D eigenvalue weighted by molar-refractivity contribution is 0.265. The van der Waals surface area contributed by atoms with Crippen LogP contribution in [0.15, 0.2) is 29.3 Å². The molecule has 0 saturated heterocycles. The summed E-state index contributed by atoms with van der Waals surface area (Å²) in [6, 6.07) is 9.11. The maximum atomic E-state index is 4.76. The molecule has 4 nitrogen and oxygen atoms in total. The van der Waals surface area contributed by atoms with E-state index >= 15 is 0 Å². The first kappa shape index (κ1) is 23.2. The number of halogens is 1. The number of nitrogens with zero attached hydrogens (tertiary/aromatic N) is 2. The third kappa shape index (κ3) is 8.87. The van der Waals surface area contributed by atoms with Crippen LogP contribution in [0.4, 0.5) is 0 Å². The first-order valence-corrected chi connectivity index (χ1v) is 8.56. The summed E-state index contributed by atoms with van der Waals surface area (Å²) in [7, 11) is 2.16. The van der Waals surface area contributed by atoms with Crippen LogP contribution in [0.3, 0.4) is 0 Å². The molecule has 0 spiro atoms. The minimum absolute atomic E-state index is 0. The van der Waals surface area contributed by atoms with Crippen molar-refractivity contribution >= 4 is 29.9 Å². The fourth-order valence-electron chi connectivity index (χ4n) is 2.14. The average molecular weight is 446 g/mol. The number of benzene rings is 1. The van der Waals surface area contributed by atoms with Crippen molar-refractivity contribution in [3.8, 4) is 0 Å². The molecule has 138 valence electrons. The van der Waals surface area contributed by atoms with Crippen molar-refractivity contribution in [1.82, 2.24) is 15.5 Å². The largest absolute Gasteiger partial charge is 0.357 e. The van der Waals surface area contributed by atoms with E-state index in [2.05, 4.69) is 88.4 Å². The normalized spacial score (nSPS) is 12.3. The average Bonchev–Trinajstić information content (AvgIpc) is 2.44. The predicted molar refractivity (Wildman–Crippen MR) is 116 cm³/mol. The van der Waals surface area contributed by atoms with Crippen LogP contribution in [0.25, 0.3) is 0 Å². The molecule has 0 saturated carbocycles. The molecule has 0 bridgehead atoms. The van der Waals surface area contributed by atoms with Crippen LogP contribution < -0.4 is 10.6 Å². The quantitative estimate of drug-likeness (QED) is 0.394. The van der Waals surface area contributed by atoms with Crippen molar-refractivity contribution < 1.29 is 0 Å². The van der Waals surface area contributed by atoms with Gasteiger partial charge in [0.1, 0.15) is 0 Å². The summed E-state index contributed by atoms with van der Waals surface area (Å²) in [5.74, 6) is 0.868. The van der Waals surface area contributed by atoms with Gasteiger partial charge in [0, 0.05) is 24.7 Å². The van der Waals surface area contributed by atoms with Gasteiger partial charge < -0.3 is 10.6 Å². The van der Waals surface area contributed by atoms with E-state index in [1.165, 1.54) is 11.1 Å². The highest BCUT2D eigenvalue weighted by atomic mass is 127.